The minimum absolute atomic E-state index is 0.00668. The van der Waals surface area contributed by atoms with E-state index in [4.69, 9.17) is 23.2 Å². The molecule has 22 heavy (non-hydrogen) atoms. The normalized spacial score (nSPS) is 11.8. The summed E-state index contributed by atoms with van der Waals surface area (Å²) in [4.78, 5) is -0.00668. The summed E-state index contributed by atoms with van der Waals surface area (Å²) in [6, 6.07) is 6.34. The molecular formula is C14H17Cl2N3O2S. The van der Waals surface area contributed by atoms with Gasteiger partial charge in [-0.05, 0) is 44.5 Å². The van der Waals surface area contributed by atoms with Gasteiger partial charge in [-0.25, -0.2) is 13.1 Å². The first-order chi connectivity index (χ1) is 10.3. The third-order valence-electron chi connectivity index (χ3n) is 3.12. The van der Waals surface area contributed by atoms with Gasteiger partial charge in [0.15, 0.2) is 0 Å². The molecule has 120 valence electrons. The second kappa shape index (κ2) is 7.00. The number of aromatic nitrogens is 2. The molecule has 5 nitrogen and oxygen atoms in total. The molecule has 0 spiro atoms. The number of hydrogen-bond acceptors (Lipinski definition) is 3. The number of sulfonamides is 1. The van der Waals surface area contributed by atoms with Gasteiger partial charge in [-0.15, -0.1) is 0 Å². The molecule has 0 unspecified atom stereocenters. The maximum Gasteiger partial charge on any atom is 0.242 e. The first-order valence-corrected chi connectivity index (χ1v) is 8.99. The lowest BCUT2D eigenvalue weighted by Gasteiger charge is -2.09. The van der Waals surface area contributed by atoms with Crippen LogP contribution < -0.4 is 4.72 Å². The molecule has 8 heteroatoms. The van der Waals surface area contributed by atoms with E-state index in [9.17, 15) is 8.42 Å². The monoisotopic (exact) mass is 361 g/mol. The van der Waals surface area contributed by atoms with Crippen molar-refractivity contribution in [1.29, 1.82) is 0 Å². The summed E-state index contributed by atoms with van der Waals surface area (Å²) < 4.78 is 28.8. The summed E-state index contributed by atoms with van der Waals surface area (Å²) in [5.74, 6) is 0. The lowest BCUT2D eigenvalue weighted by molar-refractivity contribution is 0.544. The molecule has 1 aromatic heterocycles. The van der Waals surface area contributed by atoms with Crippen molar-refractivity contribution in [2.24, 2.45) is 0 Å². The van der Waals surface area contributed by atoms with Gasteiger partial charge < -0.3 is 0 Å². The van der Waals surface area contributed by atoms with Crippen LogP contribution in [0.5, 0.6) is 0 Å². The summed E-state index contributed by atoms with van der Waals surface area (Å²) in [7, 11) is -3.67. The minimum Gasteiger partial charge on any atom is -0.270 e. The van der Waals surface area contributed by atoms with Crippen LogP contribution in [0.15, 0.2) is 29.2 Å². The van der Waals surface area contributed by atoms with E-state index in [1.807, 2.05) is 24.6 Å². The molecule has 0 amide bonds. The van der Waals surface area contributed by atoms with Gasteiger partial charge in [-0.1, -0.05) is 23.2 Å². The van der Waals surface area contributed by atoms with Gasteiger partial charge in [0, 0.05) is 23.8 Å². The van der Waals surface area contributed by atoms with E-state index in [2.05, 4.69) is 9.82 Å². The van der Waals surface area contributed by atoms with Crippen LogP contribution in [0.2, 0.25) is 10.0 Å². The van der Waals surface area contributed by atoms with E-state index in [0.717, 1.165) is 11.4 Å². The van der Waals surface area contributed by atoms with Crippen LogP contribution in [0.3, 0.4) is 0 Å². The fourth-order valence-electron chi connectivity index (χ4n) is 2.10. The molecule has 0 fully saturated rings. The standard InChI is InChI=1S/C14H17Cl2N3O2S/c1-10-8-11(2)19(18-10)7-3-6-17-22(20,21)14-9-12(15)4-5-13(14)16/h4-5,8-9,17H,3,6-7H2,1-2H3. The first-order valence-electron chi connectivity index (χ1n) is 6.75. The fourth-order valence-corrected chi connectivity index (χ4v) is 3.93. The first kappa shape index (κ1) is 17.3. The molecule has 1 aromatic carbocycles. The third kappa shape index (κ3) is 4.23. The second-order valence-corrected chi connectivity index (χ2v) is 7.56. The lowest BCUT2D eigenvalue weighted by Crippen LogP contribution is -2.26. The van der Waals surface area contributed by atoms with Crippen molar-refractivity contribution >= 4 is 33.2 Å². The number of rotatable bonds is 6. The average molecular weight is 362 g/mol. The Morgan fingerprint density at radius 1 is 1.23 bits per heavy atom. The van der Waals surface area contributed by atoms with Crippen molar-refractivity contribution in [3.05, 3.63) is 45.7 Å². The Balaban J connectivity index is 1.96. The van der Waals surface area contributed by atoms with E-state index in [1.165, 1.54) is 12.1 Å². The van der Waals surface area contributed by atoms with Crippen molar-refractivity contribution < 1.29 is 8.42 Å². The second-order valence-electron chi connectivity index (χ2n) is 4.98. The Morgan fingerprint density at radius 3 is 2.59 bits per heavy atom. The van der Waals surface area contributed by atoms with Gasteiger partial charge in [0.05, 0.1) is 10.7 Å². The van der Waals surface area contributed by atoms with Gasteiger partial charge in [-0.2, -0.15) is 5.10 Å². The number of aryl methyl sites for hydroxylation is 3. The summed E-state index contributed by atoms with van der Waals surface area (Å²) in [6.07, 6.45) is 0.624. The highest BCUT2D eigenvalue weighted by molar-refractivity contribution is 7.89. The molecule has 0 aliphatic carbocycles. The highest BCUT2D eigenvalue weighted by atomic mass is 35.5. The van der Waals surface area contributed by atoms with E-state index < -0.39 is 10.0 Å². The van der Waals surface area contributed by atoms with Gasteiger partial charge in [0.1, 0.15) is 4.90 Å². The number of halogens is 2. The van der Waals surface area contributed by atoms with E-state index >= 15 is 0 Å². The molecule has 2 aromatic rings. The minimum atomic E-state index is -3.67. The maximum atomic E-state index is 12.2. The Hall–Kier alpha value is -1.08. The van der Waals surface area contributed by atoms with Crippen molar-refractivity contribution in [3.8, 4) is 0 Å². The summed E-state index contributed by atoms with van der Waals surface area (Å²) in [6.45, 7) is 4.83. The quantitative estimate of drug-likeness (QED) is 0.803. The number of nitrogens with zero attached hydrogens (tertiary/aromatic N) is 2. The van der Waals surface area contributed by atoms with Gasteiger partial charge >= 0.3 is 0 Å². The predicted molar refractivity (Wildman–Crippen MR) is 88.0 cm³/mol. The Kier molecular flexibility index (Phi) is 5.50. The zero-order valence-corrected chi connectivity index (χ0v) is 14.6. The zero-order valence-electron chi connectivity index (χ0n) is 12.3. The number of benzene rings is 1. The summed E-state index contributed by atoms with van der Waals surface area (Å²) in [5, 5.41) is 4.80. The van der Waals surface area contributed by atoms with Crippen molar-refractivity contribution in [3.63, 3.8) is 0 Å². The Bertz CT molecular complexity index is 772. The van der Waals surface area contributed by atoms with Crippen LogP contribution in [0.25, 0.3) is 0 Å². The van der Waals surface area contributed by atoms with Crippen molar-refractivity contribution in [2.75, 3.05) is 6.54 Å². The van der Waals surface area contributed by atoms with Crippen molar-refractivity contribution in [1.82, 2.24) is 14.5 Å². The SMILES string of the molecule is Cc1cc(C)n(CCCNS(=O)(=O)c2cc(Cl)ccc2Cl)n1. The zero-order chi connectivity index (χ0) is 16.3. The number of hydrogen-bond donors (Lipinski definition) is 1. The Labute approximate surface area is 140 Å². The van der Waals surface area contributed by atoms with E-state index in [-0.39, 0.29) is 9.92 Å². The van der Waals surface area contributed by atoms with Crippen LogP contribution in [0.1, 0.15) is 17.8 Å². The predicted octanol–water partition coefficient (Wildman–Crippen LogP) is 3.18. The highest BCUT2D eigenvalue weighted by Crippen LogP contribution is 2.24. The summed E-state index contributed by atoms with van der Waals surface area (Å²) in [5.41, 5.74) is 2.00. The molecule has 0 saturated heterocycles. The molecule has 1 N–H and O–H groups in total. The molecule has 0 atom stereocenters. The molecule has 2 rings (SSSR count). The highest BCUT2D eigenvalue weighted by Gasteiger charge is 2.17. The molecule has 0 radical (unpaired) electrons. The third-order valence-corrected chi connectivity index (χ3v) is 5.30. The largest absolute Gasteiger partial charge is 0.270 e. The Morgan fingerprint density at radius 2 is 1.95 bits per heavy atom. The van der Waals surface area contributed by atoms with E-state index in [0.29, 0.717) is 24.5 Å². The molecule has 1 heterocycles. The molecular weight excluding hydrogens is 345 g/mol. The van der Waals surface area contributed by atoms with Gasteiger partial charge in [0.25, 0.3) is 0 Å². The van der Waals surface area contributed by atoms with Gasteiger partial charge in [-0.3, -0.25) is 4.68 Å². The topological polar surface area (TPSA) is 64.0 Å². The molecule has 0 aliphatic heterocycles. The summed E-state index contributed by atoms with van der Waals surface area (Å²) >= 11 is 11.7. The van der Waals surface area contributed by atoms with Gasteiger partial charge in [0.2, 0.25) is 10.0 Å². The maximum absolute atomic E-state index is 12.2. The lowest BCUT2D eigenvalue weighted by atomic mass is 10.4. The van der Waals surface area contributed by atoms with Crippen LogP contribution in [-0.4, -0.2) is 24.7 Å². The molecule has 0 saturated carbocycles. The van der Waals surface area contributed by atoms with Crippen LogP contribution in [-0.2, 0) is 16.6 Å². The average Bonchev–Trinajstić information content (AvgIpc) is 2.76. The van der Waals surface area contributed by atoms with Crippen LogP contribution in [0.4, 0.5) is 0 Å². The molecule has 0 aliphatic rings. The fraction of sp³-hybridized carbons (Fsp3) is 0.357. The van der Waals surface area contributed by atoms with Crippen LogP contribution >= 0.6 is 23.2 Å². The smallest absolute Gasteiger partial charge is 0.242 e. The van der Waals surface area contributed by atoms with Crippen LogP contribution in [0, 0.1) is 13.8 Å². The number of nitrogens with one attached hydrogen (secondary N) is 1. The van der Waals surface area contributed by atoms with E-state index in [1.54, 1.807) is 6.07 Å². The van der Waals surface area contributed by atoms with Crippen molar-refractivity contribution in [2.45, 2.75) is 31.7 Å². The molecule has 0 bridgehead atoms.